The molecule has 0 aliphatic heterocycles. The zero-order valence-corrected chi connectivity index (χ0v) is 12.3. The number of carbonyl (C=O) groups excluding carboxylic acids is 1. The Bertz CT molecular complexity index is 737. The molecule has 0 bridgehead atoms. The molecule has 1 N–H and O–H groups in total. The number of carbonyl (C=O) groups is 1. The smallest absolute Gasteiger partial charge is 0.285 e. The average molecular weight is 354 g/mol. The van der Waals surface area contributed by atoms with Gasteiger partial charge in [-0.15, -0.1) is 0 Å². The molecule has 0 saturated heterocycles. The Labute approximate surface area is 127 Å². The van der Waals surface area contributed by atoms with Gasteiger partial charge >= 0.3 is 0 Å². The minimum Gasteiger partial charge on any atom is -0.306 e. The zero-order chi connectivity index (χ0) is 15.6. The quantitative estimate of drug-likeness (QED) is 0.676. The lowest BCUT2D eigenvalue weighted by molar-refractivity contribution is -0.385. The summed E-state index contributed by atoms with van der Waals surface area (Å²) in [6.45, 7) is 1.74. The first-order chi connectivity index (χ1) is 9.88. The molecule has 0 radical (unpaired) electrons. The number of nitro groups is 1. The minimum absolute atomic E-state index is 0.233. The van der Waals surface area contributed by atoms with Crippen LogP contribution >= 0.6 is 15.9 Å². The van der Waals surface area contributed by atoms with E-state index in [2.05, 4.69) is 26.2 Å². The molecule has 1 amide bonds. The first-order valence-electron chi connectivity index (χ1n) is 5.77. The maximum Gasteiger partial charge on any atom is 0.285 e. The van der Waals surface area contributed by atoms with E-state index in [0.29, 0.717) is 11.8 Å². The van der Waals surface area contributed by atoms with Crippen LogP contribution in [0.1, 0.15) is 16.1 Å². The van der Waals surface area contributed by atoms with Crippen LogP contribution in [0.25, 0.3) is 0 Å². The Hall–Kier alpha value is -2.35. The van der Waals surface area contributed by atoms with Gasteiger partial charge in [0.05, 0.1) is 16.7 Å². The van der Waals surface area contributed by atoms with E-state index in [1.165, 1.54) is 0 Å². The van der Waals surface area contributed by atoms with Gasteiger partial charge in [-0.1, -0.05) is 0 Å². The number of nitrogens with one attached hydrogen (secondary N) is 1. The molecule has 108 valence electrons. The molecular formula is C13H9BrFN3O3. The summed E-state index contributed by atoms with van der Waals surface area (Å²) in [4.78, 5) is 26.2. The summed E-state index contributed by atoms with van der Waals surface area (Å²) in [6, 6.07) is 5.99. The van der Waals surface area contributed by atoms with E-state index in [9.17, 15) is 19.3 Å². The third-order valence-electron chi connectivity index (χ3n) is 2.66. The number of aryl methyl sites for hydroxylation is 1. The zero-order valence-electron chi connectivity index (χ0n) is 10.8. The van der Waals surface area contributed by atoms with E-state index in [4.69, 9.17) is 0 Å². The molecular weight excluding hydrogens is 345 g/mol. The highest BCUT2D eigenvalue weighted by molar-refractivity contribution is 9.10. The van der Waals surface area contributed by atoms with Gasteiger partial charge in [0.25, 0.3) is 11.6 Å². The van der Waals surface area contributed by atoms with Gasteiger partial charge in [0.2, 0.25) is 0 Å². The molecule has 0 aliphatic carbocycles. The maximum absolute atomic E-state index is 13.0. The van der Waals surface area contributed by atoms with Crippen LogP contribution in [0.3, 0.4) is 0 Å². The van der Waals surface area contributed by atoms with E-state index >= 15 is 0 Å². The molecule has 0 spiro atoms. The minimum atomic E-state index is -0.807. The highest BCUT2D eigenvalue weighted by Crippen LogP contribution is 2.22. The second-order valence-electron chi connectivity index (χ2n) is 4.14. The molecule has 2 rings (SSSR count). The van der Waals surface area contributed by atoms with Gasteiger partial charge < -0.3 is 5.32 Å². The average Bonchev–Trinajstić information content (AvgIpc) is 2.42. The summed E-state index contributed by atoms with van der Waals surface area (Å²) in [7, 11) is 0. The third kappa shape index (κ3) is 3.40. The van der Waals surface area contributed by atoms with Crippen LogP contribution in [0, 0.1) is 22.9 Å². The lowest BCUT2D eigenvalue weighted by Gasteiger charge is -2.06. The Balaban J connectivity index is 2.32. The highest BCUT2D eigenvalue weighted by atomic mass is 79.9. The normalized spacial score (nSPS) is 10.2. The number of nitrogens with zero attached hydrogens (tertiary/aromatic N) is 2. The van der Waals surface area contributed by atoms with E-state index in [1.807, 2.05) is 0 Å². The van der Waals surface area contributed by atoms with Crippen molar-refractivity contribution in [3.8, 4) is 0 Å². The molecule has 0 unspecified atom stereocenters. The first-order valence-corrected chi connectivity index (χ1v) is 6.56. The summed E-state index contributed by atoms with van der Waals surface area (Å²) in [5.74, 6) is -1.26. The molecule has 0 saturated carbocycles. The van der Waals surface area contributed by atoms with Gasteiger partial charge in [-0.25, -0.2) is 9.37 Å². The molecule has 21 heavy (non-hydrogen) atoms. The number of aromatic nitrogens is 1. The van der Waals surface area contributed by atoms with Gasteiger partial charge in [-0.05, 0) is 47.1 Å². The number of pyridine rings is 1. The van der Waals surface area contributed by atoms with E-state index in [0.717, 1.165) is 16.6 Å². The predicted molar refractivity (Wildman–Crippen MR) is 77.7 cm³/mol. The lowest BCUT2D eigenvalue weighted by Crippen LogP contribution is -2.15. The van der Waals surface area contributed by atoms with Gasteiger partial charge in [-0.2, -0.15) is 0 Å². The number of anilines is 1. The summed E-state index contributed by atoms with van der Waals surface area (Å²) < 4.78 is 13.8. The number of amides is 1. The summed E-state index contributed by atoms with van der Waals surface area (Å²) in [5.41, 5.74) is -0.175. The molecule has 1 aromatic heterocycles. The van der Waals surface area contributed by atoms with Gasteiger partial charge in [0.15, 0.2) is 0 Å². The number of hydrogen-bond donors (Lipinski definition) is 1. The Kier molecular flexibility index (Phi) is 4.27. The van der Waals surface area contributed by atoms with Gasteiger partial charge in [0.1, 0.15) is 17.2 Å². The summed E-state index contributed by atoms with van der Waals surface area (Å²) >= 11 is 3.27. The fraction of sp³-hybridized carbons (Fsp3) is 0.0769. The third-order valence-corrected chi connectivity index (χ3v) is 3.50. The van der Waals surface area contributed by atoms with E-state index in [1.54, 1.807) is 19.1 Å². The summed E-state index contributed by atoms with van der Waals surface area (Å²) in [6.07, 6.45) is 0. The molecule has 0 aliphatic rings. The van der Waals surface area contributed by atoms with Crippen LogP contribution in [-0.2, 0) is 0 Å². The molecule has 1 heterocycles. The Morgan fingerprint density at radius 1 is 1.38 bits per heavy atom. The Morgan fingerprint density at radius 2 is 2.10 bits per heavy atom. The molecule has 2 aromatic rings. The van der Waals surface area contributed by atoms with Crippen molar-refractivity contribution in [3.05, 3.63) is 62.0 Å². The van der Waals surface area contributed by atoms with Crippen molar-refractivity contribution in [2.24, 2.45) is 0 Å². The standard InChI is InChI=1S/C13H9BrFN3O3/c1-7-10(14)4-5-12(16-7)17-13(19)9-3-2-8(15)6-11(9)18(20)21/h2-6H,1H3,(H,16,17,19). The van der Waals surface area contributed by atoms with Crippen LogP contribution in [-0.4, -0.2) is 15.8 Å². The van der Waals surface area contributed by atoms with Crippen molar-refractivity contribution in [3.63, 3.8) is 0 Å². The summed E-state index contributed by atoms with van der Waals surface area (Å²) in [5, 5.41) is 13.3. The van der Waals surface area contributed by atoms with Crippen molar-refractivity contribution >= 4 is 33.3 Å². The van der Waals surface area contributed by atoms with Crippen LogP contribution in [0.4, 0.5) is 15.9 Å². The number of rotatable bonds is 3. The highest BCUT2D eigenvalue weighted by Gasteiger charge is 2.21. The number of halogens is 2. The number of benzene rings is 1. The first kappa shape index (κ1) is 15.0. The van der Waals surface area contributed by atoms with Gasteiger partial charge in [-0.3, -0.25) is 14.9 Å². The predicted octanol–water partition coefficient (Wildman–Crippen LogP) is 3.45. The monoisotopic (exact) mass is 353 g/mol. The van der Waals surface area contributed by atoms with Crippen LogP contribution in [0.15, 0.2) is 34.8 Å². The topological polar surface area (TPSA) is 85.1 Å². The second kappa shape index (κ2) is 5.96. The van der Waals surface area contributed by atoms with E-state index < -0.39 is 22.3 Å². The van der Waals surface area contributed by atoms with Crippen molar-refractivity contribution in [2.75, 3.05) is 5.32 Å². The van der Waals surface area contributed by atoms with Crippen LogP contribution in [0.5, 0.6) is 0 Å². The lowest BCUT2D eigenvalue weighted by atomic mass is 10.1. The number of nitro benzene ring substituents is 1. The SMILES string of the molecule is Cc1nc(NC(=O)c2ccc(F)cc2[N+](=O)[O-])ccc1Br. The molecule has 0 atom stereocenters. The fourth-order valence-corrected chi connectivity index (χ4v) is 1.87. The number of hydrogen-bond acceptors (Lipinski definition) is 4. The van der Waals surface area contributed by atoms with Crippen molar-refractivity contribution in [1.82, 2.24) is 4.98 Å². The maximum atomic E-state index is 13.0. The fourth-order valence-electron chi connectivity index (χ4n) is 1.65. The van der Waals surface area contributed by atoms with Crippen LogP contribution in [0.2, 0.25) is 0 Å². The second-order valence-corrected chi connectivity index (χ2v) is 4.99. The largest absolute Gasteiger partial charge is 0.306 e. The molecule has 0 fully saturated rings. The molecule has 6 nitrogen and oxygen atoms in total. The van der Waals surface area contributed by atoms with Crippen LogP contribution < -0.4 is 5.32 Å². The van der Waals surface area contributed by atoms with Crippen molar-refractivity contribution in [1.29, 1.82) is 0 Å². The molecule has 1 aromatic carbocycles. The molecule has 8 heteroatoms. The van der Waals surface area contributed by atoms with Crippen molar-refractivity contribution in [2.45, 2.75) is 6.92 Å². The van der Waals surface area contributed by atoms with Gasteiger partial charge in [0, 0.05) is 4.47 Å². The van der Waals surface area contributed by atoms with Crippen molar-refractivity contribution < 1.29 is 14.1 Å². The Morgan fingerprint density at radius 3 is 2.71 bits per heavy atom. The van der Waals surface area contributed by atoms with E-state index in [-0.39, 0.29) is 11.4 Å².